The zero-order valence-corrected chi connectivity index (χ0v) is 14.8. The van der Waals surface area contributed by atoms with Crippen LogP contribution < -0.4 is 5.32 Å². The Bertz CT molecular complexity index is 1020. The lowest BCUT2D eigenvalue weighted by atomic mass is 10.2. The van der Waals surface area contributed by atoms with Gasteiger partial charge in [0.2, 0.25) is 5.95 Å². The van der Waals surface area contributed by atoms with Gasteiger partial charge < -0.3 is 0 Å². The molecule has 4 rings (SSSR count). The summed E-state index contributed by atoms with van der Waals surface area (Å²) in [5.74, 6) is 0.545. The zero-order chi connectivity index (χ0) is 17.2. The molecule has 4 aromatic rings. The topological polar surface area (TPSA) is 83.6 Å². The van der Waals surface area contributed by atoms with E-state index >= 15 is 0 Å². The number of carbonyl (C=O) groups is 1. The molecule has 0 spiro atoms. The Morgan fingerprint density at radius 3 is 2.72 bits per heavy atom. The fourth-order valence-corrected chi connectivity index (χ4v) is 3.86. The van der Waals surface area contributed by atoms with Crippen molar-refractivity contribution in [2.24, 2.45) is 0 Å². The molecule has 0 saturated carbocycles. The van der Waals surface area contributed by atoms with Crippen LogP contribution in [-0.2, 0) is 0 Å². The quantitative estimate of drug-likeness (QED) is 0.566. The van der Waals surface area contributed by atoms with Crippen molar-refractivity contribution in [2.75, 3.05) is 5.32 Å². The van der Waals surface area contributed by atoms with E-state index in [0.717, 1.165) is 15.4 Å². The minimum Gasteiger partial charge on any atom is -0.288 e. The van der Waals surface area contributed by atoms with Crippen molar-refractivity contribution in [1.29, 1.82) is 0 Å². The maximum Gasteiger partial charge on any atom is 0.277 e. The van der Waals surface area contributed by atoms with Gasteiger partial charge in [-0.15, -0.1) is 27.8 Å². The van der Waals surface area contributed by atoms with Crippen LogP contribution in [0.1, 0.15) is 15.4 Å². The summed E-state index contributed by atoms with van der Waals surface area (Å²) in [7, 11) is 0. The molecule has 0 bridgehead atoms. The number of benzene rings is 1. The Hall–Kier alpha value is -2.84. The van der Waals surface area contributed by atoms with Crippen LogP contribution in [0.15, 0.2) is 47.8 Å². The van der Waals surface area contributed by atoms with Gasteiger partial charge in [-0.05, 0) is 19.1 Å². The summed E-state index contributed by atoms with van der Waals surface area (Å²) in [4.78, 5) is 23.2. The fraction of sp³-hybridized carbons (Fsp3) is 0.0588. The third-order valence-corrected chi connectivity index (χ3v) is 5.34. The molecule has 6 nitrogen and oxygen atoms in total. The first kappa shape index (κ1) is 15.7. The lowest BCUT2D eigenvalue weighted by Crippen LogP contribution is -2.13. The summed E-state index contributed by atoms with van der Waals surface area (Å²) in [5.41, 5.74) is 1.34. The van der Waals surface area contributed by atoms with Crippen LogP contribution in [0.25, 0.3) is 21.3 Å². The third kappa shape index (κ3) is 3.35. The maximum atomic E-state index is 12.4. The molecular weight excluding hydrogens is 354 g/mol. The van der Waals surface area contributed by atoms with Gasteiger partial charge in [-0.3, -0.25) is 15.2 Å². The van der Waals surface area contributed by atoms with Crippen LogP contribution in [-0.4, -0.2) is 26.1 Å². The van der Waals surface area contributed by atoms with Gasteiger partial charge >= 0.3 is 0 Å². The zero-order valence-electron chi connectivity index (χ0n) is 13.2. The van der Waals surface area contributed by atoms with E-state index in [1.165, 1.54) is 16.2 Å². The van der Waals surface area contributed by atoms with Gasteiger partial charge in [-0.2, -0.15) is 4.98 Å². The van der Waals surface area contributed by atoms with E-state index in [9.17, 15) is 4.79 Å². The minimum absolute atomic E-state index is 0.236. The van der Waals surface area contributed by atoms with Gasteiger partial charge in [0.15, 0.2) is 5.82 Å². The molecule has 0 aliphatic rings. The number of thiophene rings is 1. The summed E-state index contributed by atoms with van der Waals surface area (Å²) in [6.07, 6.45) is 0. The number of aromatic amines is 1. The van der Waals surface area contributed by atoms with Gasteiger partial charge in [-0.1, -0.05) is 30.3 Å². The summed E-state index contributed by atoms with van der Waals surface area (Å²) < 4.78 is 0. The van der Waals surface area contributed by atoms with Crippen LogP contribution in [0.2, 0.25) is 0 Å². The molecule has 2 N–H and O–H groups in total. The summed E-state index contributed by atoms with van der Waals surface area (Å²) in [6, 6.07) is 13.7. The molecular formula is C17H13N5OS2. The Balaban J connectivity index is 1.49. The average molecular weight is 367 g/mol. The number of aryl methyl sites for hydroxylation is 1. The van der Waals surface area contributed by atoms with Gasteiger partial charge in [-0.25, -0.2) is 4.98 Å². The highest BCUT2D eigenvalue weighted by atomic mass is 32.1. The second kappa shape index (κ2) is 6.58. The number of hydrogen-bond donors (Lipinski definition) is 2. The number of rotatable bonds is 4. The second-order valence-corrected chi connectivity index (χ2v) is 7.42. The molecule has 1 aromatic carbocycles. The van der Waals surface area contributed by atoms with Crippen molar-refractivity contribution in [2.45, 2.75) is 6.92 Å². The Kier molecular flexibility index (Phi) is 4.12. The lowest BCUT2D eigenvalue weighted by Gasteiger charge is -1.97. The van der Waals surface area contributed by atoms with Crippen molar-refractivity contribution < 1.29 is 4.79 Å². The normalized spacial score (nSPS) is 10.8. The van der Waals surface area contributed by atoms with E-state index in [-0.39, 0.29) is 11.9 Å². The Labute approximate surface area is 151 Å². The van der Waals surface area contributed by atoms with Gasteiger partial charge in [0.1, 0.15) is 10.7 Å². The standard InChI is InChI=1S/C17H13N5OS2/c1-10-7-8-13(25-10)14-19-17(22-21-14)20-15(23)12-9-24-16(18-12)11-5-3-2-4-6-11/h2-9H,1H3,(H2,19,20,21,22,23). The highest BCUT2D eigenvalue weighted by Crippen LogP contribution is 2.26. The Morgan fingerprint density at radius 1 is 1.12 bits per heavy atom. The highest BCUT2D eigenvalue weighted by Gasteiger charge is 2.15. The molecule has 0 unspecified atom stereocenters. The van der Waals surface area contributed by atoms with Crippen LogP contribution >= 0.6 is 22.7 Å². The molecule has 0 aliphatic carbocycles. The number of nitrogens with zero attached hydrogens (tertiary/aromatic N) is 3. The van der Waals surface area contributed by atoms with Crippen molar-refractivity contribution >= 4 is 34.5 Å². The first-order valence-corrected chi connectivity index (χ1v) is 9.20. The van der Waals surface area contributed by atoms with Crippen molar-refractivity contribution in [1.82, 2.24) is 20.2 Å². The number of H-pyrrole nitrogens is 1. The number of aromatic nitrogens is 4. The molecule has 3 aromatic heterocycles. The van der Waals surface area contributed by atoms with Crippen LogP contribution in [0.4, 0.5) is 5.95 Å². The molecule has 0 saturated heterocycles. The van der Waals surface area contributed by atoms with Crippen LogP contribution in [0, 0.1) is 6.92 Å². The minimum atomic E-state index is -0.327. The second-order valence-electron chi connectivity index (χ2n) is 5.28. The van der Waals surface area contributed by atoms with Gasteiger partial charge in [0, 0.05) is 15.8 Å². The molecule has 0 atom stereocenters. The number of anilines is 1. The predicted octanol–water partition coefficient (Wildman–Crippen LogP) is 4.22. The van der Waals surface area contributed by atoms with E-state index in [2.05, 4.69) is 25.5 Å². The molecule has 1 amide bonds. The molecule has 3 heterocycles. The lowest BCUT2D eigenvalue weighted by molar-refractivity contribution is 0.102. The molecule has 8 heteroatoms. The summed E-state index contributed by atoms with van der Waals surface area (Å²) in [5, 5.41) is 12.1. The highest BCUT2D eigenvalue weighted by molar-refractivity contribution is 7.15. The molecule has 25 heavy (non-hydrogen) atoms. The van der Waals surface area contributed by atoms with E-state index in [1.54, 1.807) is 16.7 Å². The van der Waals surface area contributed by atoms with Crippen LogP contribution in [0.3, 0.4) is 0 Å². The summed E-state index contributed by atoms with van der Waals surface area (Å²) in [6.45, 7) is 2.03. The SMILES string of the molecule is Cc1ccc(-c2nc(NC(=O)c3csc(-c4ccccc4)n3)n[nH]2)s1. The summed E-state index contributed by atoms with van der Waals surface area (Å²) >= 11 is 3.04. The van der Waals surface area contributed by atoms with Crippen molar-refractivity contribution in [3.63, 3.8) is 0 Å². The monoisotopic (exact) mass is 367 g/mol. The van der Waals surface area contributed by atoms with E-state index in [1.807, 2.05) is 49.4 Å². The molecule has 124 valence electrons. The number of carbonyl (C=O) groups excluding carboxylic acids is 1. The average Bonchev–Trinajstić information content (AvgIpc) is 3.35. The van der Waals surface area contributed by atoms with Gasteiger partial charge in [0.05, 0.1) is 4.88 Å². The number of amides is 1. The van der Waals surface area contributed by atoms with Crippen molar-refractivity contribution in [3.05, 3.63) is 58.4 Å². The first-order valence-electron chi connectivity index (χ1n) is 7.50. The van der Waals surface area contributed by atoms with Crippen LogP contribution in [0.5, 0.6) is 0 Å². The number of hydrogen-bond acceptors (Lipinski definition) is 6. The fourth-order valence-electron chi connectivity index (χ4n) is 2.25. The largest absolute Gasteiger partial charge is 0.288 e. The first-order chi connectivity index (χ1) is 12.2. The van der Waals surface area contributed by atoms with E-state index in [4.69, 9.17) is 0 Å². The molecule has 0 radical (unpaired) electrons. The number of nitrogens with one attached hydrogen (secondary N) is 2. The van der Waals surface area contributed by atoms with E-state index in [0.29, 0.717) is 11.5 Å². The molecule has 0 fully saturated rings. The van der Waals surface area contributed by atoms with Crippen molar-refractivity contribution in [3.8, 4) is 21.3 Å². The maximum absolute atomic E-state index is 12.4. The van der Waals surface area contributed by atoms with E-state index < -0.39 is 0 Å². The third-order valence-electron chi connectivity index (χ3n) is 3.44. The number of thiazole rings is 1. The molecule has 0 aliphatic heterocycles. The van der Waals surface area contributed by atoms with Gasteiger partial charge in [0.25, 0.3) is 5.91 Å². The predicted molar refractivity (Wildman–Crippen MR) is 99.9 cm³/mol. The Morgan fingerprint density at radius 2 is 1.96 bits per heavy atom. The smallest absolute Gasteiger partial charge is 0.277 e.